The lowest BCUT2D eigenvalue weighted by atomic mass is 9.96. The largest absolute Gasteiger partial charge is 0.296 e. The Bertz CT molecular complexity index is 737. The standard InChI is InChI=1S/C20H19N/c1-2-21-13-12-17-16-10-6-7-11-18(16)20(19(17)14-21)15-8-4-3-5-9-15/h3-12H,2,13-14H2,1H3. The molecular formula is C20H19N. The summed E-state index contributed by atoms with van der Waals surface area (Å²) in [7, 11) is 0. The highest BCUT2D eigenvalue weighted by molar-refractivity contribution is 6.05. The molecule has 0 N–H and O–H groups in total. The van der Waals surface area contributed by atoms with Crippen molar-refractivity contribution in [1.29, 1.82) is 0 Å². The van der Waals surface area contributed by atoms with E-state index in [2.05, 4.69) is 72.5 Å². The van der Waals surface area contributed by atoms with Gasteiger partial charge in [-0.15, -0.1) is 0 Å². The minimum atomic E-state index is 1.06. The third-order valence-corrected chi connectivity index (χ3v) is 4.56. The van der Waals surface area contributed by atoms with Gasteiger partial charge in [-0.2, -0.15) is 0 Å². The minimum Gasteiger partial charge on any atom is -0.296 e. The second-order valence-corrected chi connectivity index (χ2v) is 5.71. The topological polar surface area (TPSA) is 3.24 Å². The second kappa shape index (κ2) is 5.01. The van der Waals surface area contributed by atoms with Crippen LogP contribution in [0.25, 0.3) is 11.1 Å². The smallest absolute Gasteiger partial charge is 0.0249 e. The number of hydrogen-bond donors (Lipinski definition) is 0. The molecule has 0 bridgehead atoms. The van der Waals surface area contributed by atoms with E-state index in [-0.39, 0.29) is 0 Å². The molecule has 21 heavy (non-hydrogen) atoms. The summed E-state index contributed by atoms with van der Waals surface area (Å²) >= 11 is 0. The zero-order chi connectivity index (χ0) is 14.2. The van der Waals surface area contributed by atoms with Gasteiger partial charge in [-0.05, 0) is 40.0 Å². The third kappa shape index (κ3) is 1.97. The molecule has 1 aliphatic carbocycles. The van der Waals surface area contributed by atoms with Crippen molar-refractivity contribution in [3.05, 3.63) is 82.9 Å². The van der Waals surface area contributed by atoms with Crippen LogP contribution in [0.4, 0.5) is 0 Å². The molecule has 2 aromatic carbocycles. The maximum atomic E-state index is 2.49. The molecule has 0 fully saturated rings. The quantitative estimate of drug-likeness (QED) is 0.792. The molecular weight excluding hydrogens is 254 g/mol. The van der Waals surface area contributed by atoms with E-state index in [1.807, 2.05) is 0 Å². The molecule has 1 heteroatoms. The molecule has 0 unspecified atom stereocenters. The maximum Gasteiger partial charge on any atom is 0.0249 e. The van der Waals surface area contributed by atoms with E-state index in [1.54, 1.807) is 0 Å². The Morgan fingerprint density at radius 3 is 2.38 bits per heavy atom. The zero-order valence-corrected chi connectivity index (χ0v) is 12.3. The first kappa shape index (κ1) is 12.6. The van der Waals surface area contributed by atoms with Gasteiger partial charge in [0.15, 0.2) is 0 Å². The molecule has 0 aromatic heterocycles. The van der Waals surface area contributed by atoms with Crippen molar-refractivity contribution < 1.29 is 0 Å². The van der Waals surface area contributed by atoms with Crippen LogP contribution in [0.1, 0.15) is 23.6 Å². The summed E-state index contributed by atoms with van der Waals surface area (Å²) in [4.78, 5) is 2.49. The van der Waals surface area contributed by atoms with Gasteiger partial charge in [0.1, 0.15) is 0 Å². The first-order valence-corrected chi connectivity index (χ1v) is 7.69. The summed E-state index contributed by atoms with van der Waals surface area (Å²) in [5.74, 6) is 0. The first-order valence-electron chi connectivity index (χ1n) is 7.69. The van der Waals surface area contributed by atoms with E-state index in [4.69, 9.17) is 0 Å². The van der Waals surface area contributed by atoms with Crippen LogP contribution in [0.3, 0.4) is 0 Å². The summed E-state index contributed by atoms with van der Waals surface area (Å²) in [6, 6.07) is 19.6. The van der Waals surface area contributed by atoms with Gasteiger partial charge in [-0.3, -0.25) is 4.90 Å². The fraction of sp³-hybridized carbons (Fsp3) is 0.200. The van der Waals surface area contributed by atoms with Crippen LogP contribution in [-0.2, 0) is 0 Å². The molecule has 4 rings (SSSR count). The highest BCUT2D eigenvalue weighted by atomic mass is 15.1. The van der Waals surface area contributed by atoms with Crippen molar-refractivity contribution in [2.75, 3.05) is 19.6 Å². The van der Waals surface area contributed by atoms with Crippen molar-refractivity contribution in [3.8, 4) is 0 Å². The van der Waals surface area contributed by atoms with Gasteiger partial charge in [0, 0.05) is 13.1 Å². The molecule has 1 heterocycles. The van der Waals surface area contributed by atoms with Crippen molar-refractivity contribution in [2.45, 2.75) is 6.92 Å². The van der Waals surface area contributed by atoms with Gasteiger partial charge in [-0.25, -0.2) is 0 Å². The van der Waals surface area contributed by atoms with Crippen LogP contribution in [0.5, 0.6) is 0 Å². The van der Waals surface area contributed by atoms with E-state index >= 15 is 0 Å². The Morgan fingerprint density at radius 2 is 1.62 bits per heavy atom. The van der Waals surface area contributed by atoms with Crippen LogP contribution in [0.2, 0.25) is 0 Å². The van der Waals surface area contributed by atoms with Crippen molar-refractivity contribution in [3.63, 3.8) is 0 Å². The summed E-state index contributed by atoms with van der Waals surface area (Å²) in [6.45, 7) is 5.46. The van der Waals surface area contributed by atoms with Gasteiger partial charge in [0.05, 0.1) is 0 Å². The zero-order valence-electron chi connectivity index (χ0n) is 12.3. The van der Waals surface area contributed by atoms with Crippen LogP contribution in [-0.4, -0.2) is 24.5 Å². The second-order valence-electron chi connectivity index (χ2n) is 5.71. The molecule has 0 atom stereocenters. The van der Waals surface area contributed by atoms with E-state index in [9.17, 15) is 0 Å². The number of nitrogens with zero attached hydrogens (tertiary/aromatic N) is 1. The molecule has 1 aliphatic heterocycles. The van der Waals surface area contributed by atoms with E-state index in [0.717, 1.165) is 19.6 Å². The molecule has 1 nitrogen and oxygen atoms in total. The van der Waals surface area contributed by atoms with E-state index in [1.165, 1.54) is 33.4 Å². The maximum absolute atomic E-state index is 2.49. The fourth-order valence-electron chi connectivity index (χ4n) is 3.48. The average Bonchev–Trinajstić information content (AvgIpc) is 2.89. The Morgan fingerprint density at radius 1 is 0.905 bits per heavy atom. The molecule has 0 spiro atoms. The monoisotopic (exact) mass is 273 g/mol. The van der Waals surface area contributed by atoms with Gasteiger partial charge in [0.25, 0.3) is 0 Å². The number of likely N-dealkylation sites (N-methyl/N-ethyl adjacent to an activating group) is 1. The lowest BCUT2D eigenvalue weighted by Gasteiger charge is -2.26. The Balaban J connectivity index is 1.96. The molecule has 0 radical (unpaired) electrons. The highest BCUT2D eigenvalue weighted by Gasteiger charge is 2.29. The van der Waals surface area contributed by atoms with Gasteiger partial charge < -0.3 is 0 Å². The van der Waals surface area contributed by atoms with E-state index < -0.39 is 0 Å². The molecule has 2 aliphatic rings. The molecule has 0 amide bonds. The third-order valence-electron chi connectivity index (χ3n) is 4.56. The lowest BCUT2D eigenvalue weighted by Crippen LogP contribution is -2.29. The number of hydrogen-bond acceptors (Lipinski definition) is 1. The fourth-order valence-corrected chi connectivity index (χ4v) is 3.48. The number of rotatable bonds is 2. The number of benzene rings is 2. The highest BCUT2D eigenvalue weighted by Crippen LogP contribution is 2.45. The average molecular weight is 273 g/mol. The number of fused-ring (bicyclic) bond motifs is 3. The van der Waals surface area contributed by atoms with Crippen molar-refractivity contribution >= 4 is 11.1 Å². The van der Waals surface area contributed by atoms with Gasteiger partial charge in [-0.1, -0.05) is 67.6 Å². The van der Waals surface area contributed by atoms with Gasteiger partial charge >= 0.3 is 0 Å². The molecule has 2 aromatic rings. The summed E-state index contributed by atoms with van der Waals surface area (Å²) < 4.78 is 0. The van der Waals surface area contributed by atoms with Gasteiger partial charge in [0.2, 0.25) is 0 Å². The lowest BCUT2D eigenvalue weighted by molar-refractivity contribution is 0.345. The van der Waals surface area contributed by atoms with Crippen LogP contribution < -0.4 is 0 Å². The summed E-state index contributed by atoms with van der Waals surface area (Å²) in [5.41, 5.74) is 8.51. The normalized spacial score (nSPS) is 17.5. The summed E-state index contributed by atoms with van der Waals surface area (Å²) in [5, 5.41) is 0. The predicted octanol–water partition coefficient (Wildman–Crippen LogP) is 4.22. The molecule has 0 saturated carbocycles. The van der Waals surface area contributed by atoms with Crippen LogP contribution in [0, 0.1) is 0 Å². The van der Waals surface area contributed by atoms with Crippen LogP contribution >= 0.6 is 0 Å². The van der Waals surface area contributed by atoms with Crippen LogP contribution in [0.15, 0.2) is 66.2 Å². The van der Waals surface area contributed by atoms with E-state index in [0.29, 0.717) is 0 Å². The Labute approximate surface area is 126 Å². The minimum absolute atomic E-state index is 1.06. The molecule has 0 saturated heterocycles. The SMILES string of the molecule is CCN1CC=C2C(=C(c3ccccc3)c3ccccc32)C1. The van der Waals surface area contributed by atoms with Crippen molar-refractivity contribution in [1.82, 2.24) is 4.90 Å². The Kier molecular flexibility index (Phi) is 3.01. The van der Waals surface area contributed by atoms with Crippen molar-refractivity contribution in [2.24, 2.45) is 0 Å². The summed E-state index contributed by atoms with van der Waals surface area (Å²) in [6.07, 6.45) is 2.40. The first-order chi connectivity index (χ1) is 10.4. The molecule has 104 valence electrons. The Hall–Kier alpha value is -2.12. The predicted molar refractivity (Wildman–Crippen MR) is 89.0 cm³/mol.